The number of rotatable bonds is 4. The van der Waals surface area contributed by atoms with Crippen LogP contribution in [0.5, 0.6) is 0 Å². The molecule has 2 atom stereocenters. The summed E-state index contributed by atoms with van der Waals surface area (Å²) in [6.07, 6.45) is -3.94. The van der Waals surface area contributed by atoms with Crippen LogP contribution in [0.4, 0.5) is 19.0 Å². The van der Waals surface area contributed by atoms with E-state index in [2.05, 4.69) is 10.1 Å². The van der Waals surface area contributed by atoms with Gasteiger partial charge in [0.1, 0.15) is 17.3 Å². The summed E-state index contributed by atoms with van der Waals surface area (Å²) < 4.78 is 49.3. The van der Waals surface area contributed by atoms with Gasteiger partial charge in [0.25, 0.3) is 0 Å². The van der Waals surface area contributed by atoms with Gasteiger partial charge >= 0.3 is 6.18 Å². The molecule has 5 nitrogen and oxygen atoms in total. The summed E-state index contributed by atoms with van der Waals surface area (Å²) in [6.45, 7) is 2.88. The van der Waals surface area contributed by atoms with Gasteiger partial charge in [-0.05, 0) is 19.1 Å². The van der Waals surface area contributed by atoms with Crippen molar-refractivity contribution >= 4 is 5.82 Å². The Morgan fingerprint density at radius 2 is 2.12 bits per heavy atom. The number of alkyl halides is 3. The topological polar surface area (TPSA) is 51.4 Å². The summed E-state index contributed by atoms with van der Waals surface area (Å²) in [4.78, 5) is 5.57. The Hall–Kier alpha value is -2.09. The second-order valence-electron chi connectivity index (χ2n) is 5.96. The zero-order valence-electron chi connectivity index (χ0n) is 13.4. The summed E-state index contributed by atoms with van der Waals surface area (Å²) in [5.41, 5.74) is -0.0864. The van der Waals surface area contributed by atoms with Crippen molar-refractivity contribution in [2.45, 2.75) is 25.6 Å². The fourth-order valence-corrected chi connectivity index (χ4v) is 3.02. The molecule has 24 heavy (non-hydrogen) atoms. The van der Waals surface area contributed by atoms with Gasteiger partial charge < -0.3 is 14.2 Å². The monoisotopic (exact) mass is 341 g/mol. The first-order chi connectivity index (χ1) is 11.4. The first kappa shape index (κ1) is 16.8. The third kappa shape index (κ3) is 3.53. The highest BCUT2D eigenvalue weighted by molar-refractivity contribution is 5.41. The largest absolute Gasteiger partial charge is 0.433 e. The zero-order chi connectivity index (χ0) is 17.3. The minimum atomic E-state index is -4.45. The smallest absolute Gasteiger partial charge is 0.379 e. The predicted molar refractivity (Wildman–Crippen MR) is 80.7 cm³/mol. The lowest BCUT2D eigenvalue weighted by atomic mass is 10.0. The lowest BCUT2D eigenvalue weighted by Gasteiger charge is -2.18. The minimum Gasteiger partial charge on any atom is -0.379 e. The van der Waals surface area contributed by atoms with Gasteiger partial charge in [0.15, 0.2) is 0 Å². The normalized spacial score (nSPS) is 21.5. The van der Waals surface area contributed by atoms with E-state index >= 15 is 0 Å². The third-order valence-corrected chi connectivity index (χ3v) is 4.17. The lowest BCUT2D eigenvalue weighted by molar-refractivity contribution is -0.141. The van der Waals surface area contributed by atoms with Crippen molar-refractivity contribution in [3.63, 3.8) is 0 Å². The van der Waals surface area contributed by atoms with E-state index in [0.717, 1.165) is 17.5 Å². The highest BCUT2D eigenvalue weighted by atomic mass is 19.4. The number of aryl methyl sites for hydroxylation is 1. The Morgan fingerprint density at radius 1 is 1.33 bits per heavy atom. The molecule has 1 fully saturated rings. The van der Waals surface area contributed by atoms with E-state index in [-0.39, 0.29) is 12.0 Å². The van der Waals surface area contributed by atoms with Crippen LogP contribution in [0.3, 0.4) is 0 Å². The number of aromatic nitrogens is 2. The van der Waals surface area contributed by atoms with Crippen molar-refractivity contribution < 1.29 is 22.4 Å². The summed E-state index contributed by atoms with van der Waals surface area (Å²) in [7, 11) is 1.60. The second-order valence-corrected chi connectivity index (χ2v) is 5.96. The average Bonchev–Trinajstić information content (AvgIpc) is 3.13. The fraction of sp³-hybridized carbons (Fsp3) is 0.500. The van der Waals surface area contributed by atoms with Crippen LogP contribution in [-0.2, 0) is 17.3 Å². The molecule has 0 N–H and O–H groups in total. The van der Waals surface area contributed by atoms with Crippen LogP contribution in [0.25, 0.3) is 0 Å². The summed E-state index contributed by atoms with van der Waals surface area (Å²) in [5.74, 6) is 1.15. The number of pyridine rings is 1. The van der Waals surface area contributed by atoms with Gasteiger partial charge in [0, 0.05) is 38.6 Å². The maximum Gasteiger partial charge on any atom is 0.433 e. The first-order valence-corrected chi connectivity index (χ1v) is 7.61. The van der Waals surface area contributed by atoms with Crippen LogP contribution in [0, 0.1) is 12.8 Å². The molecule has 0 aromatic carbocycles. The minimum absolute atomic E-state index is 0.0960. The summed E-state index contributed by atoms with van der Waals surface area (Å²) in [5, 5.41) is 3.86. The van der Waals surface area contributed by atoms with Gasteiger partial charge in [0.2, 0.25) is 0 Å². The molecule has 1 saturated heterocycles. The maximum atomic E-state index is 12.8. The van der Waals surface area contributed by atoms with Crippen LogP contribution >= 0.6 is 0 Å². The lowest BCUT2D eigenvalue weighted by Crippen LogP contribution is -2.24. The fourth-order valence-electron chi connectivity index (χ4n) is 3.02. The molecule has 0 unspecified atom stereocenters. The number of hydrogen-bond acceptors (Lipinski definition) is 5. The SMILES string of the molecule is CO[C@H]1CN(c2cccc(C(F)(F)F)n2)C[C@H]1Cc1cc(C)no1. The molecule has 130 valence electrons. The Balaban J connectivity index is 1.76. The Labute approximate surface area is 137 Å². The second kappa shape index (κ2) is 6.43. The van der Waals surface area contributed by atoms with Crippen molar-refractivity contribution in [2.24, 2.45) is 5.92 Å². The molecule has 0 radical (unpaired) electrons. The zero-order valence-corrected chi connectivity index (χ0v) is 13.4. The van der Waals surface area contributed by atoms with Gasteiger partial charge in [0.05, 0.1) is 11.8 Å². The predicted octanol–water partition coefficient (Wildman–Crippen LogP) is 3.09. The molecule has 0 spiro atoms. The molecule has 2 aromatic rings. The van der Waals surface area contributed by atoms with E-state index in [0.29, 0.717) is 25.3 Å². The maximum absolute atomic E-state index is 12.8. The van der Waals surface area contributed by atoms with Crippen molar-refractivity contribution in [3.8, 4) is 0 Å². The van der Waals surface area contributed by atoms with Crippen molar-refractivity contribution in [2.75, 3.05) is 25.1 Å². The van der Waals surface area contributed by atoms with Crippen molar-refractivity contribution in [1.82, 2.24) is 10.1 Å². The van der Waals surface area contributed by atoms with E-state index < -0.39 is 11.9 Å². The molecule has 1 aliphatic heterocycles. The average molecular weight is 341 g/mol. The number of hydrogen-bond donors (Lipinski definition) is 0. The quantitative estimate of drug-likeness (QED) is 0.855. The number of nitrogens with zero attached hydrogens (tertiary/aromatic N) is 3. The van der Waals surface area contributed by atoms with E-state index in [1.54, 1.807) is 13.2 Å². The van der Waals surface area contributed by atoms with Crippen LogP contribution in [-0.4, -0.2) is 36.4 Å². The molecule has 0 bridgehead atoms. The highest BCUT2D eigenvalue weighted by Gasteiger charge is 2.36. The van der Waals surface area contributed by atoms with E-state index in [9.17, 15) is 13.2 Å². The number of methoxy groups -OCH3 is 1. The molecule has 2 aromatic heterocycles. The van der Waals surface area contributed by atoms with E-state index in [1.807, 2.05) is 17.9 Å². The highest BCUT2D eigenvalue weighted by Crippen LogP contribution is 2.31. The summed E-state index contributed by atoms with van der Waals surface area (Å²) in [6, 6.07) is 5.79. The molecule has 1 aliphatic rings. The molecular formula is C16H18F3N3O2. The van der Waals surface area contributed by atoms with Crippen LogP contribution < -0.4 is 4.90 Å². The van der Waals surface area contributed by atoms with E-state index in [1.165, 1.54) is 6.07 Å². The Kier molecular flexibility index (Phi) is 4.49. The molecule has 3 heterocycles. The van der Waals surface area contributed by atoms with Gasteiger partial charge in [-0.1, -0.05) is 11.2 Å². The van der Waals surface area contributed by atoms with Gasteiger partial charge in [-0.2, -0.15) is 13.2 Å². The third-order valence-electron chi connectivity index (χ3n) is 4.17. The molecule has 8 heteroatoms. The van der Waals surface area contributed by atoms with Gasteiger partial charge in [-0.25, -0.2) is 4.98 Å². The Bertz CT molecular complexity index is 702. The number of ether oxygens (including phenoxy) is 1. The van der Waals surface area contributed by atoms with Crippen molar-refractivity contribution in [3.05, 3.63) is 41.4 Å². The van der Waals surface area contributed by atoms with Crippen molar-refractivity contribution in [1.29, 1.82) is 0 Å². The summed E-state index contributed by atoms with van der Waals surface area (Å²) >= 11 is 0. The van der Waals surface area contributed by atoms with Crippen LogP contribution in [0.1, 0.15) is 17.1 Å². The van der Waals surface area contributed by atoms with E-state index in [4.69, 9.17) is 9.26 Å². The van der Waals surface area contributed by atoms with Gasteiger partial charge in [-0.3, -0.25) is 0 Å². The number of anilines is 1. The van der Waals surface area contributed by atoms with Gasteiger partial charge in [-0.15, -0.1) is 0 Å². The Morgan fingerprint density at radius 3 is 2.75 bits per heavy atom. The molecule has 3 rings (SSSR count). The van der Waals surface area contributed by atoms with Crippen LogP contribution in [0.15, 0.2) is 28.8 Å². The molecular weight excluding hydrogens is 323 g/mol. The first-order valence-electron chi connectivity index (χ1n) is 7.61. The molecule has 0 aliphatic carbocycles. The molecule has 0 amide bonds. The number of halogens is 3. The molecule has 0 saturated carbocycles. The van der Waals surface area contributed by atoms with Crippen LogP contribution in [0.2, 0.25) is 0 Å². The standard InChI is InChI=1S/C16H18F3N3O2/c1-10-6-12(24-21-10)7-11-8-22(9-13(11)23-2)15-5-3-4-14(20-15)16(17,18)19/h3-6,11,13H,7-9H2,1-2H3/t11-,13+/m1/s1.